The Morgan fingerprint density at radius 3 is 2.38 bits per heavy atom. The van der Waals surface area contributed by atoms with Crippen LogP contribution in [0.1, 0.15) is 12.5 Å². The van der Waals surface area contributed by atoms with Crippen molar-refractivity contribution >= 4 is 6.08 Å². The number of hydrogen-bond donors (Lipinski definition) is 0. The van der Waals surface area contributed by atoms with Gasteiger partial charge in [-0.25, -0.2) is 0 Å². The van der Waals surface area contributed by atoms with Gasteiger partial charge >= 0.3 is 0 Å². The van der Waals surface area contributed by atoms with Gasteiger partial charge in [0.2, 0.25) is 0 Å². The molecule has 0 aliphatic rings. The molecule has 0 aliphatic heterocycles. The van der Waals surface area contributed by atoms with Gasteiger partial charge in [-0.15, -0.1) is 0 Å². The van der Waals surface area contributed by atoms with E-state index >= 15 is 0 Å². The van der Waals surface area contributed by atoms with Crippen molar-refractivity contribution in [3.63, 3.8) is 0 Å². The molecule has 0 aliphatic carbocycles. The molecular formula is C12H17N. The molecule has 0 spiro atoms. The molecule has 70 valence electrons. The largest absolute Gasteiger partial charge is 0.305 e. The molecule has 1 heteroatoms. The predicted molar refractivity (Wildman–Crippen MR) is 58.6 cm³/mol. The van der Waals surface area contributed by atoms with Crippen molar-refractivity contribution in [3.05, 3.63) is 41.5 Å². The highest BCUT2D eigenvalue weighted by Gasteiger charge is 1.92. The summed E-state index contributed by atoms with van der Waals surface area (Å²) < 4.78 is 0. The molecule has 0 saturated heterocycles. The maximum Gasteiger partial charge on any atom is 0.0187 e. The SMILES string of the molecule is C/C(=C\c1ccccc1)CN(C)C. The van der Waals surface area contributed by atoms with E-state index in [9.17, 15) is 0 Å². The van der Waals surface area contributed by atoms with Crippen molar-refractivity contribution in [3.8, 4) is 0 Å². The summed E-state index contributed by atoms with van der Waals surface area (Å²) in [6, 6.07) is 10.4. The van der Waals surface area contributed by atoms with Crippen LogP contribution in [0, 0.1) is 0 Å². The first-order valence-corrected chi connectivity index (χ1v) is 4.55. The fraction of sp³-hybridized carbons (Fsp3) is 0.333. The lowest BCUT2D eigenvalue weighted by Crippen LogP contribution is -2.13. The van der Waals surface area contributed by atoms with Gasteiger partial charge in [0.25, 0.3) is 0 Å². The first-order valence-electron chi connectivity index (χ1n) is 4.55. The monoisotopic (exact) mass is 175 g/mol. The highest BCUT2D eigenvalue weighted by Crippen LogP contribution is 2.06. The molecule has 1 rings (SSSR count). The van der Waals surface area contributed by atoms with Crippen LogP contribution in [-0.4, -0.2) is 25.5 Å². The van der Waals surface area contributed by atoms with Crippen LogP contribution in [0.25, 0.3) is 6.08 Å². The lowest BCUT2D eigenvalue weighted by molar-refractivity contribution is 0.446. The predicted octanol–water partition coefficient (Wildman–Crippen LogP) is 2.65. The maximum absolute atomic E-state index is 2.22. The molecule has 0 N–H and O–H groups in total. The van der Waals surface area contributed by atoms with Gasteiger partial charge in [0.05, 0.1) is 0 Å². The molecule has 0 amide bonds. The molecule has 0 saturated carbocycles. The van der Waals surface area contributed by atoms with E-state index in [0.29, 0.717) is 0 Å². The van der Waals surface area contributed by atoms with E-state index in [4.69, 9.17) is 0 Å². The summed E-state index contributed by atoms with van der Waals surface area (Å²) in [6.07, 6.45) is 2.22. The van der Waals surface area contributed by atoms with Crippen molar-refractivity contribution in [1.29, 1.82) is 0 Å². The summed E-state index contributed by atoms with van der Waals surface area (Å²) in [7, 11) is 4.17. The highest BCUT2D eigenvalue weighted by atomic mass is 15.0. The molecule has 13 heavy (non-hydrogen) atoms. The number of rotatable bonds is 3. The van der Waals surface area contributed by atoms with E-state index < -0.39 is 0 Å². The maximum atomic E-state index is 2.22. The quantitative estimate of drug-likeness (QED) is 0.682. The van der Waals surface area contributed by atoms with Crippen LogP contribution in [0.4, 0.5) is 0 Å². The summed E-state index contributed by atoms with van der Waals surface area (Å²) in [6.45, 7) is 3.18. The Hall–Kier alpha value is -1.08. The normalized spacial score (nSPS) is 12.2. The standard InChI is InChI=1S/C12H17N/c1-11(10-13(2)3)9-12-7-5-4-6-8-12/h4-9H,10H2,1-3H3/b11-9+. The number of hydrogen-bond acceptors (Lipinski definition) is 1. The van der Waals surface area contributed by atoms with E-state index in [2.05, 4.69) is 56.3 Å². The zero-order chi connectivity index (χ0) is 9.68. The Morgan fingerprint density at radius 2 is 1.85 bits per heavy atom. The molecule has 0 aromatic heterocycles. The zero-order valence-electron chi connectivity index (χ0n) is 8.62. The fourth-order valence-corrected chi connectivity index (χ4v) is 1.38. The van der Waals surface area contributed by atoms with E-state index in [1.54, 1.807) is 0 Å². The van der Waals surface area contributed by atoms with E-state index in [1.165, 1.54) is 11.1 Å². The van der Waals surface area contributed by atoms with Gasteiger partial charge in [-0.2, -0.15) is 0 Å². The second kappa shape index (κ2) is 4.83. The van der Waals surface area contributed by atoms with Crippen LogP contribution in [0.3, 0.4) is 0 Å². The lowest BCUT2D eigenvalue weighted by Gasteiger charge is -2.09. The summed E-state index contributed by atoms with van der Waals surface area (Å²) in [5.74, 6) is 0. The molecule has 0 radical (unpaired) electrons. The summed E-state index contributed by atoms with van der Waals surface area (Å²) in [4.78, 5) is 2.18. The van der Waals surface area contributed by atoms with E-state index in [0.717, 1.165) is 6.54 Å². The van der Waals surface area contributed by atoms with Crippen LogP contribution >= 0.6 is 0 Å². The molecule has 0 unspecified atom stereocenters. The van der Waals surface area contributed by atoms with Gasteiger partial charge < -0.3 is 4.90 Å². The fourth-order valence-electron chi connectivity index (χ4n) is 1.38. The highest BCUT2D eigenvalue weighted by molar-refractivity contribution is 5.52. The van der Waals surface area contributed by atoms with Gasteiger partial charge in [0, 0.05) is 6.54 Å². The Bertz CT molecular complexity index is 272. The summed E-state index contributed by atoms with van der Waals surface area (Å²) in [5.41, 5.74) is 2.66. The molecule has 1 nitrogen and oxygen atoms in total. The molecule has 0 heterocycles. The van der Waals surface area contributed by atoms with Crippen LogP contribution in [0.2, 0.25) is 0 Å². The number of benzene rings is 1. The minimum absolute atomic E-state index is 1.02. The van der Waals surface area contributed by atoms with Gasteiger partial charge in [0.15, 0.2) is 0 Å². The Kier molecular flexibility index (Phi) is 3.71. The third-order valence-corrected chi connectivity index (χ3v) is 1.78. The van der Waals surface area contributed by atoms with Crippen LogP contribution in [-0.2, 0) is 0 Å². The number of likely N-dealkylation sites (N-methyl/N-ethyl adjacent to an activating group) is 1. The van der Waals surface area contributed by atoms with Crippen molar-refractivity contribution in [1.82, 2.24) is 4.90 Å². The second-order valence-corrected chi connectivity index (χ2v) is 3.64. The smallest absolute Gasteiger partial charge is 0.0187 e. The summed E-state index contributed by atoms with van der Waals surface area (Å²) in [5, 5.41) is 0. The number of nitrogens with zero attached hydrogens (tertiary/aromatic N) is 1. The molecule has 0 bridgehead atoms. The average Bonchev–Trinajstić information content (AvgIpc) is 2.04. The first-order chi connectivity index (χ1) is 6.18. The minimum atomic E-state index is 1.02. The first kappa shape index (κ1) is 10.0. The summed E-state index contributed by atoms with van der Waals surface area (Å²) >= 11 is 0. The van der Waals surface area contributed by atoms with Crippen molar-refractivity contribution < 1.29 is 0 Å². The molecule has 0 atom stereocenters. The molecule has 1 aromatic carbocycles. The Labute approximate surface area is 80.7 Å². The van der Waals surface area contributed by atoms with Gasteiger partial charge in [0.1, 0.15) is 0 Å². The third kappa shape index (κ3) is 3.90. The van der Waals surface area contributed by atoms with Gasteiger partial charge in [-0.3, -0.25) is 0 Å². The Morgan fingerprint density at radius 1 is 1.23 bits per heavy atom. The van der Waals surface area contributed by atoms with Gasteiger partial charge in [-0.1, -0.05) is 42.0 Å². The topological polar surface area (TPSA) is 3.24 Å². The Balaban J connectivity index is 2.66. The molecule has 0 fully saturated rings. The van der Waals surface area contributed by atoms with Crippen LogP contribution in [0.15, 0.2) is 35.9 Å². The van der Waals surface area contributed by atoms with Crippen LogP contribution < -0.4 is 0 Å². The molecule has 1 aromatic rings. The van der Waals surface area contributed by atoms with Crippen molar-refractivity contribution in [2.45, 2.75) is 6.92 Å². The molecular weight excluding hydrogens is 158 g/mol. The van der Waals surface area contributed by atoms with Gasteiger partial charge in [-0.05, 0) is 26.6 Å². The second-order valence-electron chi connectivity index (χ2n) is 3.64. The zero-order valence-corrected chi connectivity index (χ0v) is 8.62. The van der Waals surface area contributed by atoms with E-state index in [1.807, 2.05) is 6.07 Å². The van der Waals surface area contributed by atoms with Crippen molar-refractivity contribution in [2.24, 2.45) is 0 Å². The lowest BCUT2D eigenvalue weighted by atomic mass is 10.1. The minimum Gasteiger partial charge on any atom is -0.305 e. The van der Waals surface area contributed by atoms with E-state index in [-0.39, 0.29) is 0 Å². The van der Waals surface area contributed by atoms with Crippen molar-refractivity contribution in [2.75, 3.05) is 20.6 Å². The third-order valence-electron chi connectivity index (χ3n) is 1.78. The van der Waals surface area contributed by atoms with Crippen LogP contribution in [0.5, 0.6) is 0 Å². The average molecular weight is 175 g/mol.